The molecule has 1 aromatic carbocycles. The van der Waals surface area contributed by atoms with E-state index in [1.807, 2.05) is 12.1 Å². The SMILES string of the molecule is Clc1ccc(C2(NCC3CCCO3)CCC2)cc1. The molecule has 1 saturated carbocycles. The van der Waals surface area contributed by atoms with Crippen LogP contribution < -0.4 is 5.32 Å². The van der Waals surface area contributed by atoms with Crippen molar-refractivity contribution in [3.8, 4) is 0 Å². The van der Waals surface area contributed by atoms with Crippen LogP contribution in [0.25, 0.3) is 0 Å². The van der Waals surface area contributed by atoms with Gasteiger partial charge in [0, 0.05) is 23.7 Å². The molecule has 2 nitrogen and oxygen atoms in total. The van der Waals surface area contributed by atoms with Crippen molar-refractivity contribution in [1.82, 2.24) is 5.32 Å². The number of rotatable bonds is 4. The average molecular weight is 266 g/mol. The standard InChI is InChI=1S/C15H20ClNO/c16-13-6-4-12(5-7-13)15(8-2-9-15)17-11-14-3-1-10-18-14/h4-7,14,17H,1-3,8-11H2. The van der Waals surface area contributed by atoms with E-state index >= 15 is 0 Å². The molecular weight excluding hydrogens is 246 g/mol. The summed E-state index contributed by atoms with van der Waals surface area (Å²) in [5.74, 6) is 0. The Morgan fingerprint density at radius 2 is 2.00 bits per heavy atom. The number of halogens is 1. The van der Waals surface area contributed by atoms with Gasteiger partial charge in [0.1, 0.15) is 0 Å². The molecule has 1 heterocycles. The van der Waals surface area contributed by atoms with Crippen molar-refractivity contribution in [2.45, 2.75) is 43.7 Å². The predicted octanol–water partition coefficient (Wildman–Crippen LogP) is 3.49. The second-order valence-corrected chi connectivity index (χ2v) is 5.89. The van der Waals surface area contributed by atoms with Gasteiger partial charge in [-0.15, -0.1) is 0 Å². The first kappa shape index (κ1) is 12.5. The van der Waals surface area contributed by atoms with E-state index in [1.165, 1.54) is 37.7 Å². The fourth-order valence-electron chi connectivity index (χ4n) is 2.98. The summed E-state index contributed by atoms with van der Waals surface area (Å²) in [6.07, 6.45) is 6.57. The number of nitrogens with one attached hydrogen (secondary N) is 1. The molecule has 98 valence electrons. The van der Waals surface area contributed by atoms with Gasteiger partial charge in [0.05, 0.1) is 6.10 Å². The molecule has 3 heteroatoms. The minimum absolute atomic E-state index is 0.177. The quantitative estimate of drug-likeness (QED) is 0.900. The summed E-state index contributed by atoms with van der Waals surface area (Å²) < 4.78 is 5.69. The summed E-state index contributed by atoms with van der Waals surface area (Å²) in [6, 6.07) is 8.30. The minimum atomic E-state index is 0.177. The Morgan fingerprint density at radius 1 is 1.22 bits per heavy atom. The molecule has 1 atom stereocenters. The fourth-order valence-corrected chi connectivity index (χ4v) is 3.11. The highest BCUT2D eigenvalue weighted by molar-refractivity contribution is 6.30. The molecule has 1 N–H and O–H groups in total. The topological polar surface area (TPSA) is 21.3 Å². The molecule has 2 aliphatic rings. The van der Waals surface area contributed by atoms with Crippen LogP contribution in [0.1, 0.15) is 37.7 Å². The van der Waals surface area contributed by atoms with Crippen LogP contribution in [-0.4, -0.2) is 19.3 Å². The average Bonchev–Trinajstić information content (AvgIpc) is 2.83. The molecule has 0 radical (unpaired) electrons. The first-order chi connectivity index (χ1) is 8.78. The van der Waals surface area contributed by atoms with Gasteiger partial charge in [0.25, 0.3) is 0 Å². The Labute approximate surface area is 114 Å². The van der Waals surface area contributed by atoms with Crippen molar-refractivity contribution in [3.63, 3.8) is 0 Å². The van der Waals surface area contributed by atoms with Crippen LogP contribution in [0.5, 0.6) is 0 Å². The van der Waals surface area contributed by atoms with Crippen molar-refractivity contribution in [1.29, 1.82) is 0 Å². The summed E-state index contributed by atoms with van der Waals surface area (Å²) in [4.78, 5) is 0. The number of hydrogen-bond donors (Lipinski definition) is 1. The third-order valence-corrected chi connectivity index (χ3v) is 4.55. The monoisotopic (exact) mass is 265 g/mol. The molecule has 18 heavy (non-hydrogen) atoms. The zero-order chi connectivity index (χ0) is 12.4. The second kappa shape index (κ2) is 5.20. The van der Waals surface area contributed by atoms with Crippen LogP contribution in [0.4, 0.5) is 0 Å². The largest absolute Gasteiger partial charge is 0.377 e. The summed E-state index contributed by atoms with van der Waals surface area (Å²) in [5, 5.41) is 4.55. The van der Waals surface area contributed by atoms with E-state index in [0.29, 0.717) is 6.10 Å². The molecule has 1 aromatic rings. The number of hydrogen-bond acceptors (Lipinski definition) is 2. The van der Waals surface area contributed by atoms with Gasteiger partial charge in [0.15, 0.2) is 0 Å². The third-order valence-electron chi connectivity index (χ3n) is 4.30. The zero-order valence-corrected chi connectivity index (χ0v) is 11.4. The molecule has 3 rings (SSSR count). The maximum absolute atomic E-state index is 5.96. The van der Waals surface area contributed by atoms with Crippen molar-refractivity contribution in [3.05, 3.63) is 34.9 Å². The first-order valence-electron chi connectivity index (χ1n) is 6.91. The van der Waals surface area contributed by atoms with E-state index in [0.717, 1.165) is 18.2 Å². The molecule has 0 amide bonds. The predicted molar refractivity (Wildman–Crippen MR) is 74.0 cm³/mol. The molecule has 0 spiro atoms. The second-order valence-electron chi connectivity index (χ2n) is 5.46. The van der Waals surface area contributed by atoms with E-state index in [-0.39, 0.29) is 5.54 Å². The van der Waals surface area contributed by atoms with E-state index in [4.69, 9.17) is 16.3 Å². The van der Waals surface area contributed by atoms with Crippen molar-refractivity contribution in [2.75, 3.05) is 13.2 Å². The Kier molecular flexibility index (Phi) is 3.60. The highest BCUT2D eigenvalue weighted by Crippen LogP contribution is 2.41. The number of ether oxygens (including phenoxy) is 1. The first-order valence-corrected chi connectivity index (χ1v) is 7.29. The Bertz CT molecular complexity index is 393. The summed E-state index contributed by atoms with van der Waals surface area (Å²) in [5.41, 5.74) is 1.55. The third kappa shape index (κ3) is 2.42. The van der Waals surface area contributed by atoms with Gasteiger partial charge in [-0.3, -0.25) is 0 Å². The van der Waals surface area contributed by atoms with E-state index in [1.54, 1.807) is 0 Å². The van der Waals surface area contributed by atoms with Gasteiger partial charge < -0.3 is 10.1 Å². The normalized spacial score (nSPS) is 25.9. The van der Waals surface area contributed by atoms with E-state index < -0.39 is 0 Å². The lowest BCUT2D eigenvalue weighted by Gasteiger charge is -2.44. The lowest BCUT2D eigenvalue weighted by atomic mass is 9.71. The molecule has 2 fully saturated rings. The van der Waals surface area contributed by atoms with Crippen LogP contribution in [0.2, 0.25) is 5.02 Å². The van der Waals surface area contributed by atoms with Crippen LogP contribution in [0, 0.1) is 0 Å². The van der Waals surface area contributed by atoms with Crippen molar-refractivity contribution in [2.24, 2.45) is 0 Å². The van der Waals surface area contributed by atoms with Gasteiger partial charge in [-0.1, -0.05) is 23.7 Å². The summed E-state index contributed by atoms with van der Waals surface area (Å²) in [6.45, 7) is 1.91. The maximum atomic E-state index is 5.96. The Morgan fingerprint density at radius 3 is 2.56 bits per heavy atom. The lowest BCUT2D eigenvalue weighted by molar-refractivity contribution is 0.0858. The molecule has 1 aliphatic heterocycles. The summed E-state index contributed by atoms with van der Waals surface area (Å²) in [7, 11) is 0. The minimum Gasteiger partial charge on any atom is -0.377 e. The highest BCUT2D eigenvalue weighted by Gasteiger charge is 2.38. The van der Waals surface area contributed by atoms with Crippen LogP contribution in [0.15, 0.2) is 24.3 Å². The van der Waals surface area contributed by atoms with E-state index in [9.17, 15) is 0 Å². The van der Waals surface area contributed by atoms with Gasteiger partial charge in [-0.25, -0.2) is 0 Å². The van der Waals surface area contributed by atoms with Gasteiger partial charge >= 0.3 is 0 Å². The Balaban J connectivity index is 1.67. The van der Waals surface area contributed by atoms with Crippen LogP contribution >= 0.6 is 11.6 Å². The van der Waals surface area contributed by atoms with Crippen molar-refractivity contribution < 1.29 is 4.74 Å². The van der Waals surface area contributed by atoms with E-state index in [2.05, 4.69) is 17.4 Å². The van der Waals surface area contributed by atoms with Gasteiger partial charge in [0.2, 0.25) is 0 Å². The smallest absolute Gasteiger partial charge is 0.0700 e. The molecule has 0 aromatic heterocycles. The van der Waals surface area contributed by atoms with Crippen molar-refractivity contribution >= 4 is 11.6 Å². The molecule has 1 unspecified atom stereocenters. The van der Waals surface area contributed by atoms with Crippen LogP contribution in [-0.2, 0) is 10.3 Å². The fraction of sp³-hybridized carbons (Fsp3) is 0.600. The van der Waals surface area contributed by atoms with Crippen LogP contribution in [0.3, 0.4) is 0 Å². The molecular formula is C15H20ClNO. The Hall–Kier alpha value is -0.570. The summed E-state index contributed by atoms with van der Waals surface area (Å²) >= 11 is 5.96. The molecule has 1 aliphatic carbocycles. The molecule has 1 saturated heterocycles. The zero-order valence-electron chi connectivity index (χ0n) is 10.6. The van der Waals surface area contributed by atoms with Gasteiger partial charge in [-0.2, -0.15) is 0 Å². The van der Waals surface area contributed by atoms with Gasteiger partial charge in [-0.05, 0) is 49.8 Å². The number of benzene rings is 1. The maximum Gasteiger partial charge on any atom is 0.0700 e. The lowest BCUT2D eigenvalue weighted by Crippen LogP contribution is -2.50. The molecule has 0 bridgehead atoms. The highest BCUT2D eigenvalue weighted by atomic mass is 35.5.